The van der Waals surface area contributed by atoms with Crippen molar-refractivity contribution in [1.82, 2.24) is 14.8 Å². The third kappa shape index (κ3) is 5.13. The Balaban J connectivity index is 1.44. The highest BCUT2D eigenvalue weighted by atomic mass is 19.1. The van der Waals surface area contributed by atoms with Crippen LogP contribution in [-0.4, -0.2) is 72.0 Å². The molecule has 35 heavy (non-hydrogen) atoms. The average molecular weight is 482 g/mol. The number of carbonyl (C=O) groups is 3. The predicted octanol–water partition coefficient (Wildman–Crippen LogP) is 3.34. The molecule has 0 saturated carbocycles. The number of ether oxygens (including phenoxy) is 2. The summed E-state index contributed by atoms with van der Waals surface area (Å²) in [4.78, 5) is 44.2. The SMILES string of the molecule is CCOC(=O)C(C)c1[nH]c2cccc(F)c2c1OCC(=O)N1CCN(C(=O)c2ccccc2)CC1. The summed E-state index contributed by atoms with van der Waals surface area (Å²) in [6, 6.07) is 13.5. The van der Waals surface area contributed by atoms with E-state index in [0.29, 0.717) is 43.0 Å². The number of nitrogens with zero attached hydrogens (tertiary/aromatic N) is 2. The zero-order chi connectivity index (χ0) is 24.9. The van der Waals surface area contributed by atoms with Crippen LogP contribution in [0.25, 0.3) is 10.9 Å². The number of nitrogens with one attached hydrogen (secondary N) is 1. The maximum atomic E-state index is 14.7. The van der Waals surface area contributed by atoms with Gasteiger partial charge in [0, 0.05) is 31.7 Å². The fourth-order valence-corrected chi connectivity index (χ4v) is 4.18. The molecular formula is C26H28FN3O5. The lowest BCUT2D eigenvalue weighted by molar-refractivity contribution is -0.144. The Bertz CT molecular complexity index is 1220. The molecular weight excluding hydrogens is 453 g/mol. The molecule has 2 amide bonds. The second-order valence-corrected chi connectivity index (χ2v) is 8.33. The summed E-state index contributed by atoms with van der Waals surface area (Å²) < 4.78 is 25.6. The van der Waals surface area contributed by atoms with Crippen LogP contribution in [-0.2, 0) is 14.3 Å². The van der Waals surface area contributed by atoms with Crippen LogP contribution in [0.2, 0.25) is 0 Å². The highest BCUT2D eigenvalue weighted by Crippen LogP contribution is 2.37. The number of aromatic amines is 1. The number of hydrogen-bond acceptors (Lipinski definition) is 5. The van der Waals surface area contributed by atoms with Gasteiger partial charge in [-0.05, 0) is 38.1 Å². The Morgan fingerprint density at radius 2 is 1.69 bits per heavy atom. The number of carbonyl (C=O) groups excluding carboxylic acids is 3. The van der Waals surface area contributed by atoms with Crippen LogP contribution in [0.4, 0.5) is 4.39 Å². The van der Waals surface area contributed by atoms with E-state index in [0.717, 1.165) is 0 Å². The van der Waals surface area contributed by atoms with E-state index < -0.39 is 17.7 Å². The molecule has 184 valence electrons. The van der Waals surface area contributed by atoms with Gasteiger partial charge in [0.1, 0.15) is 5.82 Å². The van der Waals surface area contributed by atoms with Crippen molar-refractivity contribution >= 4 is 28.7 Å². The number of rotatable bonds is 7. The standard InChI is InChI=1S/C26H28FN3O5/c1-3-34-26(33)17(2)23-24(22-19(27)10-7-11-20(22)28-23)35-16-21(31)29-12-14-30(15-13-29)25(32)18-8-5-4-6-9-18/h4-11,17,28H,3,12-16H2,1-2H3. The molecule has 2 heterocycles. The van der Waals surface area contributed by atoms with Crippen molar-refractivity contribution in [2.75, 3.05) is 39.4 Å². The van der Waals surface area contributed by atoms with E-state index in [4.69, 9.17) is 9.47 Å². The van der Waals surface area contributed by atoms with Gasteiger partial charge in [-0.25, -0.2) is 4.39 Å². The molecule has 0 spiro atoms. The maximum absolute atomic E-state index is 14.7. The average Bonchev–Trinajstić information content (AvgIpc) is 3.27. The Hall–Kier alpha value is -3.88. The van der Waals surface area contributed by atoms with Crippen LogP contribution >= 0.6 is 0 Å². The molecule has 1 aromatic heterocycles. The quantitative estimate of drug-likeness (QED) is 0.523. The first-order chi connectivity index (χ1) is 16.9. The van der Waals surface area contributed by atoms with Gasteiger partial charge in [-0.15, -0.1) is 0 Å². The van der Waals surface area contributed by atoms with E-state index in [-0.39, 0.29) is 36.2 Å². The van der Waals surface area contributed by atoms with Crippen molar-refractivity contribution in [2.24, 2.45) is 0 Å². The molecule has 1 N–H and O–H groups in total. The minimum atomic E-state index is -0.737. The Morgan fingerprint density at radius 1 is 1.00 bits per heavy atom. The first-order valence-corrected chi connectivity index (χ1v) is 11.6. The Labute approximate surface area is 202 Å². The van der Waals surface area contributed by atoms with Crippen LogP contribution in [0.5, 0.6) is 5.75 Å². The van der Waals surface area contributed by atoms with E-state index in [1.807, 2.05) is 18.2 Å². The highest BCUT2D eigenvalue weighted by Gasteiger charge is 2.28. The molecule has 4 rings (SSSR count). The molecule has 0 bridgehead atoms. The number of halogens is 1. The molecule has 1 unspecified atom stereocenters. The van der Waals surface area contributed by atoms with Gasteiger partial charge in [-0.1, -0.05) is 24.3 Å². The second kappa shape index (κ2) is 10.6. The molecule has 1 fully saturated rings. The number of aromatic nitrogens is 1. The minimum absolute atomic E-state index is 0.0687. The Kier molecular flexibility index (Phi) is 7.33. The van der Waals surface area contributed by atoms with Crippen molar-refractivity contribution in [3.05, 3.63) is 65.6 Å². The fraction of sp³-hybridized carbons (Fsp3) is 0.346. The summed E-state index contributed by atoms with van der Waals surface area (Å²) in [7, 11) is 0. The molecule has 8 nitrogen and oxygen atoms in total. The van der Waals surface area contributed by atoms with Gasteiger partial charge < -0.3 is 24.3 Å². The second-order valence-electron chi connectivity index (χ2n) is 8.33. The van der Waals surface area contributed by atoms with Gasteiger partial charge in [0.05, 0.1) is 29.1 Å². The monoisotopic (exact) mass is 481 g/mol. The van der Waals surface area contributed by atoms with Crippen molar-refractivity contribution < 1.29 is 28.2 Å². The van der Waals surface area contributed by atoms with Crippen LogP contribution < -0.4 is 4.74 Å². The molecule has 3 aromatic rings. The minimum Gasteiger partial charge on any atom is -0.481 e. The largest absolute Gasteiger partial charge is 0.481 e. The molecule has 1 aliphatic rings. The summed E-state index contributed by atoms with van der Waals surface area (Å²) in [6.45, 7) is 4.79. The summed E-state index contributed by atoms with van der Waals surface area (Å²) in [5.74, 6) is -1.95. The van der Waals surface area contributed by atoms with Crippen molar-refractivity contribution in [3.8, 4) is 5.75 Å². The number of amides is 2. The summed E-state index contributed by atoms with van der Waals surface area (Å²) in [5, 5.41) is 0.185. The number of fused-ring (bicyclic) bond motifs is 1. The topological polar surface area (TPSA) is 91.9 Å². The molecule has 1 atom stereocenters. The fourth-order valence-electron chi connectivity index (χ4n) is 4.18. The maximum Gasteiger partial charge on any atom is 0.314 e. The third-order valence-corrected chi connectivity index (χ3v) is 6.11. The van der Waals surface area contributed by atoms with Crippen molar-refractivity contribution in [1.29, 1.82) is 0 Å². The van der Waals surface area contributed by atoms with Gasteiger partial charge in [0.15, 0.2) is 12.4 Å². The highest BCUT2D eigenvalue weighted by molar-refractivity contribution is 5.94. The van der Waals surface area contributed by atoms with Crippen LogP contribution in [0.1, 0.15) is 35.8 Å². The van der Waals surface area contributed by atoms with Gasteiger partial charge in [-0.2, -0.15) is 0 Å². The van der Waals surface area contributed by atoms with E-state index in [1.54, 1.807) is 47.9 Å². The van der Waals surface area contributed by atoms with E-state index >= 15 is 0 Å². The number of piperazine rings is 1. The molecule has 9 heteroatoms. The zero-order valence-electron chi connectivity index (χ0n) is 19.8. The van der Waals surface area contributed by atoms with Crippen LogP contribution in [0, 0.1) is 5.82 Å². The summed E-state index contributed by atoms with van der Waals surface area (Å²) >= 11 is 0. The van der Waals surface area contributed by atoms with E-state index in [1.165, 1.54) is 6.07 Å². The summed E-state index contributed by atoms with van der Waals surface area (Å²) in [5.41, 5.74) is 1.43. The molecule has 0 aliphatic carbocycles. The van der Waals surface area contributed by atoms with E-state index in [2.05, 4.69) is 4.98 Å². The van der Waals surface area contributed by atoms with Crippen molar-refractivity contribution in [3.63, 3.8) is 0 Å². The molecule has 1 saturated heterocycles. The lowest BCUT2D eigenvalue weighted by Crippen LogP contribution is -2.51. The van der Waals surface area contributed by atoms with E-state index in [9.17, 15) is 18.8 Å². The van der Waals surface area contributed by atoms with Crippen molar-refractivity contribution in [2.45, 2.75) is 19.8 Å². The number of benzene rings is 2. The first-order valence-electron chi connectivity index (χ1n) is 11.6. The molecule has 2 aromatic carbocycles. The normalized spacial score (nSPS) is 14.6. The van der Waals surface area contributed by atoms with Gasteiger partial charge >= 0.3 is 5.97 Å². The summed E-state index contributed by atoms with van der Waals surface area (Å²) in [6.07, 6.45) is 0. The Morgan fingerprint density at radius 3 is 2.37 bits per heavy atom. The predicted molar refractivity (Wildman–Crippen MR) is 128 cm³/mol. The van der Waals surface area contributed by atoms with Gasteiger partial charge in [0.2, 0.25) is 0 Å². The number of hydrogen-bond donors (Lipinski definition) is 1. The third-order valence-electron chi connectivity index (χ3n) is 6.11. The van der Waals surface area contributed by atoms with Crippen LogP contribution in [0.15, 0.2) is 48.5 Å². The number of H-pyrrole nitrogens is 1. The molecule has 0 radical (unpaired) electrons. The van der Waals surface area contributed by atoms with Gasteiger partial charge in [-0.3, -0.25) is 14.4 Å². The smallest absolute Gasteiger partial charge is 0.314 e. The van der Waals surface area contributed by atoms with Crippen LogP contribution in [0.3, 0.4) is 0 Å². The zero-order valence-corrected chi connectivity index (χ0v) is 19.8. The lowest BCUT2D eigenvalue weighted by Gasteiger charge is -2.34. The molecule has 1 aliphatic heterocycles. The van der Waals surface area contributed by atoms with Gasteiger partial charge in [0.25, 0.3) is 11.8 Å². The lowest BCUT2D eigenvalue weighted by atomic mass is 10.1. The first kappa shape index (κ1) is 24.3. The number of esters is 1.